The molecule has 3 atom stereocenters. The largest absolute Gasteiger partial charge is 0.392 e. The SMILES string of the molecule is CC(C)(C)c1ccc(N(C(=O)[C@H]2C[C@@H](O)CN2)C(C(=O)NC2CCCCC2)c2cccnc2F)cc1. The van der Waals surface area contributed by atoms with Crippen molar-refractivity contribution in [1.29, 1.82) is 0 Å². The number of carbonyl (C=O) groups is 2. The summed E-state index contributed by atoms with van der Waals surface area (Å²) in [5.74, 6) is -1.60. The first-order valence-corrected chi connectivity index (χ1v) is 12.9. The quantitative estimate of drug-likeness (QED) is 0.530. The molecule has 1 aliphatic heterocycles. The minimum absolute atomic E-state index is 0.0138. The monoisotopic (exact) mass is 496 g/mol. The molecular formula is C28H37FN4O3. The van der Waals surface area contributed by atoms with E-state index < -0.39 is 30.0 Å². The van der Waals surface area contributed by atoms with Gasteiger partial charge in [0, 0.05) is 30.0 Å². The molecule has 1 aromatic carbocycles. The highest BCUT2D eigenvalue weighted by atomic mass is 19.1. The fraction of sp³-hybridized carbons (Fsp3) is 0.536. The van der Waals surface area contributed by atoms with E-state index in [-0.39, 0.29) is 35.9 Å². The van der Waals surface area contributed by atoms with E-state index in [2.05, 4.69) is 36.4 Å². The second-order valence-corrected chi connectivity index (χ2v) is 11.0. The molecule has 2 aromatic rings. The van der Waals surface area contributed by atoms with Crippen LogP contribution in [0.5, 0.6) is 0 Å². The van der Waals surface area contributed by atoms with E-state index in [1.807, 2.05) is 12.1 Å². The zero-order chi connectivity index (χ0) is 25.9. The molecule has 8 heteroatoms. The lowest BCUT2D eigenvalue weighted by molar-refractivity contribution is -0.128. The van der Waals surface area contributed by atoms with Crippen LogP contribution in [-0.2, 0) is 15.0 Å². The van der Waals surface area contributed by atoms with E-state index in [0.717, 1.165) is 37.7 Å². The number of benzene rings is 1. The van der Waals surface area contributed by atoms with E-state index in [1.165, 1.54) is 17.2 Å². The maximum atomic E-state index is 15.1. The molecule has 0 bridgehead atoms. The third-order valence-corrected chi connectivity index (χ3v) is 7.20. The van der Waals surface area contributed by atoms with Crippen molar-refractivity contribution in [2.75, 3.05) is 11.4 Å². The maximum absolute atomic E-state index is 15.1. The molecule has 2 amide bonds. The number of anilines is 1. The average molecular weight is 497 g/mol. The molecule has 1 aliphatic carbocycles. The average Bonchev–Trinajstić information content (AvgIpc) is 3.29. The van der Waals surface area contributed by atoms with Crippen LogP contribution in [0.2, 0.25) is 0 Å². The van der Waals surface area contributed by atoms with Gasteiger partial charge in [0.05, 0.1) is 12.1 Å². The molecule has 2 fully saturated rings. The zero-order valence-corrected chi connectivity index (χ0v) is 21.3. The number of nitrogens with one attached hydrogen (secondary N) is 2. The summed E-state index contributed by atoms with van der Waals surface area (Å²) in [5, 5.41) is 16.2. The molecule has 1 aromatic heterocycles. The van der Waals surface area contributed by atoms with E-state index in [4.69, 9.17) is 0 Å². The molecule has 1 saturated heterocycles. The Morgan fingerprint density at radius 3 is 2.42 bits per heavy atom. The van der Waals surface area contributed by atoms with Crippen molar-refractivity contribution in [1.82, 2.24) is 15.6 Å². The van der Waals surface area contributed by atoms with Gasteiger partial charge in [0.2, 0.25) is 17.8 Å². The van der Waals surface area contributed by atoms with Gasteiger partial charge in [-0.25, -0.2) is 4.98 Å². The molecule has 2 heterocycles. The molecule has 194 valence electrons. The maximum Gasteiger partial charge on any atom is 0.248 e. The number of nitrogens with zero attached hydrogens (tertiary/aromatic N) is 2. The van der Waals surface area contributed by atoms with Crippen molar-refractivity contribution in [2.45, 2.75) is 88.9 Å². The van der Waals surface area contributed by atoms with Crippen LogP contribution < -0.4 is 15.5 Å². The normalized spacial score (nSPS) is 21.7. The molecule has 1 saturated carbocycles. The summed E-state index contributed by atoms with van der Waals surface area (Å²) < 4.78 is 15.1. The number of rotatable bonds is 6. The van der Waals surface area contributed by atoms with Crippen molar-refractivity contribution >= 4 is 17.5 Å². The fourth-order valence-corrected chi connectivity index (χ4v) is 5.13. The predicted octanol–water partition coefficient (Wildman–Crippen LogP) is 3.76. The second-order valence-electron chi connectivity index (χ2n) is 11.0. The summed E-state index contributed by atoms with van der Waals surface area (Å²) in [6, 6.07) is 8.61. The summed E-state index contributed by atoms with van der Waals surface area (Å²) in [6.45, 7) is 6.58. The van der Waals surface area contributed by atoms with Gasteiger partial charge in [-0.15, -0.1) is 0 Å². The lowest BCUT2D eigenvalue weighted by Gasteiger charge is -2.35. The standard InChI is InChI=1S/C28H37FN4O3/c1-28(2,3)18-11-13-20(14-12-18)33(27(36)23-16-21(34)17-31-23)24(22-10-7-15-30-25(22)29)26(35)32-19-8-5-4-6-9-19/h7,10-15,19,21,23-24,31,34H,4-6,8-9,16-17H2,1-3H3,(H,32,35)/t21-,23-,24?/m1/s1. The Balaban J connectivity index is 1.78. The van der Waals surface area contributed by atoms with E-state index >= 15 is 4.39 Å². The Bertz CT molecular complexity index is 1060. The highest BCUT2D eigenvalue weighted by Gasteiger charge is 2.40. The van der Waals surface area contributed by atoms with Crippen LogP contribution in [-0.4, -0.2) is 46.6 Å². The van der Waals surface area contributed by atoms with Crippen LogP contribution >= 0.6 is 0 Å². The number of carbonyl (C=O) groups excluding carboxylic acids is 2. The molecule has 7 nitrogen and oxygen atoms in total. The van der Waals surface area contributed by atoms with Crippen molar-refractivity contribution in [3.05, 3.63) is 59.7 Å². The predicted molar refractivity (Wildman–Crippen MR) is 137 cm³/mol. The zero-order valence-electron chi connectivity index (χ0n) is 21.3. The molecular weight excluding hydrogens is 459 g/mol. The Labute approximate surface area is 212 Å². The number of hydrogen-bond acceptors (Lipinski definition) is 5. The highest BCUT2D eigenvalue weighted by Crippen LogP contribution is 2.33. The summed E-state index contributed by atoms with van der Waals surface area (Å²) in [5.41, 5.74) is 1.50. The molecule has 36 heavy (non-hydrogen) atoms. The molecule has 0 spiro atoms. The van der Waals surface area contributed by atoms with Crippen LogP contribution in [0.15, 0.2) is 42.6 Å². The molecule has 1 unspecified atom stereocenters. The number of aliphatic hydroxyl groups excluding tert-OH is 1. The lowest BCUT2D eigenvalue weighted by Crippen LogP contribution is -2.51. The van der Waals surface area contributed by atoms with Gasteiger partial charge in [-0.05, 0) is 48.4 Å². The molecule has 2 aliphatic rings. The highest BCUT2D eigenvalue weighted by molar-refractivity contribution is 6.04. The van der Waals surface area contributed by atoms with Crippen LogP contribution in [0, 0.1) is 5.95 Å². The summed E-state index contributed by atoms with van der Waals surface area (Å²) in [6.07, 6.45) is 5.80. The number of aliphatic hydroxyl groups is 1. The third-order valence-electron chi connectivity index (χ3n) is 7.20. The number of hydrogen-bond donors (Lipinski definition) is 3. The number of aromatic nitrogens is 1. The lowest BCUT2D eigenvalue weighted by atomic mass is 9.87. The molecule has 0 radical (unpaired) electrons. The van der Waals surface area contributed by atoms with Gasteiger partial charge in [-0.1, -0.05) is 58.2 Å². The first-order chi connectivity index (χ1) is 17.1. The van der Waals surface area contributed by atoms with Crippen molar-refractivity contribution in [3.8, 4) is 0 Å². The van der Waals surface area contributed by atoms with Gasteiger partial charge >= 0.3 is 0 Å². The minimum Gasteiger partial charge on any atom is -0.392 e. The summed E-state index contributed by atoms with van der Waals surface area (Å²) in [7, 11) is 0. The molecule has 3 N–H and O–H groups in total. The van der Waals surface area contributed by atoms with Gasteiger partial charge in [0.25, 0.3) is 0 Å². The minimum atomic E-state index is -1.24. The van der Waals surface area contributed by atoms with E-state index in [9.17, 15) is 14.7 Å². The van der Waals surface area contributed by atoms with Crippen LogP contribution in [0.1, 0.15) is 76.5 Å². The number of pyridine rings is 1. The van der Waals surface area contributed by atoms with E-state index in [0.29, 0.717) is 5.69 Å². The Morgan fingerprint density at radius 1 is 1.14 bits per heavy atom. The summed E-state index contributed by atoms with van der Waals surface area (Å²) in [4.78, 5) is 32.9. The van der Waals surface area contributed by atoms with Gasteiger partial charge < -0.3 is 15.7 Å². The number of β-amino-alcohol motifs (C(OH)–C–C–N with tert-alkyl or cyclic N) is 1. The second kappa shape index (κ2) is 11.0. The van der Waals surface area contributed by atoms with E-state index in [1.54, 1.807) is 18.2 Å². The van der Waals surface area contributed by atoms with Crippen LogP contribution in [0.4, 0.5) is 10.1 Å². The van der Waals surface area contributed by atoms with Gasteiger partial charge in [0.1, 0.15) is 6.04 Å². The van der Waals surface area contributed by atoms with Crippen LogP contribution in [0.3, 0.4) is 0 Å². The number of halogens is 1. The van der Waals surface area contributed by atoms with Gasteiger partial charge in [-0.2, -0.15) is 4.39 Å². The van der Waals surface area contributed by atoms with Crippen molar-refractivity contribution in [3.63, 3.8) is 0 Å². The Morgan fingerprint density at radius 2 is 1.83 bits per heavy atom. The van der Waals surface area contributed by atoms with Gasteiger partial charge in [0.15, 0.2) is 0 Å². The Hall–Kier alpha value is -2.84. The molecule has 4 rings (SSSR count). The third kappa shape index (κ3) is 5.93. The fourth-order valence-electron chi connectivity index (χ4n) is 5.13. The first-order valence-electron chi connectivity index (χ1n) is 12.9. The van der Waals surface area contributed by atoms with Crippen molar-refractivity contribution in [2.24, 2.45) is 0 Å². The first kappa shape index (κ1) is 26.2. The van der Waals surface area contributed by atoms with Crippen LogP contribution in [0.25, 0.3) is 0 Å². The summed E-state index contributed by atoms with van der Waals surface area (Å²) >= 11 is 0. The Kier molecular flexibility index (Phi) is 8.05. The van der Waals surface area contributed by atoms with Crippen molar-refractivity contribution < 1.29 is 19.1 Å². The smallest absolute Gasteiger partial charge is 0.248 e. The number of amides is 2. The topological polar surface area (TPSA) is 94.6 Å². The van der Waals surface area contributed by atoms with Gasteiger partial charge in [-0.3, -0.25) is 14.5 Å².